The Balaban J connectivity index is 1.14. The van der Waals surface area contributed by atoms with Crippen molar-refractivity contribution in [3.05, 3.63) is 124 Å². The average Bonchev–Trinajstić information content (AvgIpc) is 3.47. The first-order valence-corrected chi connectivity index (χ1v) is 14.3. The van der Waals surface area contributed by atoms with Crippen LogP contribution in [0.5, 0.6) is 5.75 Å². The summed E-state index contributed by atoms with van der Waals surface area (Å²) in [6, 6.07) is 28.7. The van der Waals surface area contributed by atoms with E-state index in [1.807, 2.05) is 47.8 Å². The molecule has 0 atom stereocenters. The zero-order chi connectivity index (χ0) is 29.3. The Kier molecular flexibility index (Phi) is 9.45. The summed E-state index contributed by atoms with van der Waals surface area (Å²) in [6.07, 6.45) is 1.45. The Morgan fingerprint density at radius 2 is 1.64 bits per heavy atom. The van der Waals surface area contributed by atoms with Gasteiger partial charge in [-0.1, -0.05) is 65.7 Å². The summed E-state index contributed by atoms with van der Waals surface area (Å²) in [6.45, 7) is -0.243. The molecule has 1 heterocycles. The third-order valence-corrected chi connectivity index (χ3v) is 7.32. The Labute approximate surface area is 256 Å². The van der Waals surface area contributed by atoms with Crippen molar-refractivity contribution in [2.24, 2.45) is 5.10 Å². The maximum absolute atomic E-state index is 12.7. The molecule has 0 aliphatic carbocycles. The third kappa shape index (κ3) is 7.73. The van der Waals surface area contributed by atoms with Crippen LogP contribution in [0.1, 0.15) is 15.9 Å². The molecule has 0 fully saturated rings. The minimum atomic E-state index is -0.377. The molecule has 42 heavy (non-hydrogen) atoms. The van der Waals surface area contributed by atoms with Gasteiger partial charge in [-0.25, -0.2) is 10.4 Å². The standard InChI is InChI=1S/C31H23Cl2N5O3S/c32-25-15-14-24(16-26(25)33)35-29(39)18-41-28-9-5-4-6-22(28)17-34-38-30(40)21-12-10-20(11-13-21)27-19-42-31(37-27)36-23-7-2-1-3-8-23/h1-17,19H,18H2,(H,35,39)(H,36,37)(H,38,40)/b34-17+. The number of benzene rings is 4. The van der Waals surface area contributed by atoms with E-state index in [0.717, 1.165) is 22.1 Å². The van der Waals surface area contributed by atoms with Gasteiger partial charge in [0.25, 0.3) is 11.8 Å². The molecule has 2 amide bonds. The average molecular weight is 617 g/mol. The van der Waals surface area contributed by atoms with Crippen molar-refractivity contribution in [1.82, 2.24) is 10.4 Å². The fraction of sp³-hybridized carbons (Fsp3) is 0.0323. The lowest BCUT2D eigenvalue weighted by molar-refractivity contribution is -0.118. The second kappa shape index (κ2) is 13.8. The molecule has 0 aliphatic heterocycles. The highest BCUT2D eigenvalue weighted by atomic mass is 35.5. The zero-order valence-corrected chi connectivity index (χ0v) is 24.2. The molecule has 0 aliphatic rings. The van der Waals surface area contributed by atoms with Crippen molar-refractivity contribution in [3.8, 4) is 17.0 Å². The zero-order valence-electron chi connectivity index (χ0n) is 21.9. The predicted molar refractivity (Wildman–Crippen MR) is 169 cm³/mol. The number of thiazole rings is 1. The smallest absolute Gasteiger partial charge is 0.271 e. The second-order valence-corrected chi connectivity index (χ2v) is 10.5. The maximum atomic E-state index is 12.7. The fourth-order valence-electron chi connectivity index (χ4n) is 3.76. The molecular formula is C31H23Cl2N5O3S. The van der Waals surface area contributed by atoms with Crippen LogP contribution in [-0.4, -0.2) is 29.6 Å². The maximum Gasteiger partial charge on any atom is 0.271 e. The number of ether oxygens (including phenoxy) is 1. The van der Waals surface area contributed by atoms with Crippen LogP contribution in [0.15, 0.2) is 108 Å². The Bertz CT molecular complexity index is 1730. The molecule has 0 radical (unpaired) electrons. The van der Waals surface area contributed by atoms with E-state index in [-0.39, 0.29) is 18.4 Å². The molecular weight excluding hydrogens is 593 g/mol. The summed E-state index contributed by atoms with van der Waals surface area (Å²) in [5.74, 6) is -0.325. The number of amides is 2. The van der Waals surface area contributed by atoms with Crippen molar-refractivity contribution in [2.45, 2.75) is 0 Å². The van der Waals surface area contributed by atoms with Crippen LogP contribution >= 0.6 is 34.5 Å². The van der Waals surface area contributed by atoms with E-state index in [0.29, 0.717) is 32.6 Å². The number of carbonyl (C=O) groups excluding carboxylic acids is 2. The van der Waals surface area contributed by atoms with Gasteiger partial charge in [0.15, 0.2) is 11.7 Å². The van der Waals surface area contributed by atoms with Gasteiger partial charge in [-0.15, -0.1) is 11.3 Å². The van der Waals surface area contributed by atoms with Crippen molar-refractivity contribution in [2.75, 3.05) is 17.2 Å². The van der Waals surface area contributed by atoms with Gasteiger partial charge in [0.1, 0.15) is 5.75 Å². The molecule has 1 aromatic heterocycles. The highest BCUT2D eigenvalue weighted by molar-refractivity contribution is 7.14. The van der Waals surface area contributed by atoms with Gasteiger partial charge in [0.2, 0.25) is 0 Å². The molecule has 0 saturated heterocycles. The third-order valence-electron chi connectivity index (χ3n) is 5.82. The van der Waals surface area contributed by atoms with Crippen molar-refractivity contribution in [1.29, 1.82) is 0 Å². The molecule has 0 saturated carbocycles. The number of anilines is 3. The van der Waals surface area contributed by atoms with Gasteiger partial charge >= 0.3 is 0 Å². The van der Waals surface area contributed by atoms with Crippen LogP contribution in [0.3, 0.4) is 0 Å². The molecule has 5 rings (SSSR count). The summed E-state index contributed by atoms with van der Waals surface area (Å²) < 4.78 is 5.67. The lowest BCUT2D eigenvalue weighted by atomic mass is 10.1. The number of hydrazone groups is 1. The number of rotatable bonds is 10. The molecule has 4 aromatic carbocycles. The van der Waals surface area contributed by atoms with E-state index in [9.17, 15) is 9.59 Å². The summed E-state index contributed by atoms with van der Waals surface area (Å²) in [5.41, 5.74) is 6.71. The number of nitrogens with one attached hydrogen (secondary N) is 3. The van der Waals surface area contributed by atoms with Crippen LogP contribution in [-0.2, 0) is 4.79 Å². The lowest BCUT2D eigenvalue weighted by Crippen LogP contribution is -2.20. The van der Waals surface area contributed by atoms with Crippen LogP contribution in [0, 0.1) is 0 Å². The Morgan fingerprint density at radius 1 is 0.881 bits per heavy atom. The van der Waals surface area contributed by atoms with E-state index >= 15 is 0 Å². The van der Waals surface area contributed by atoms with E-state index in [1.54, 1.807) is 54.6 Å². The largest absolute Gasteiger partial charge is 0.483 e. The molecule has 210 valence electrons. The minimum absolute atomic E-state index is 0.243. The molecule has 11 heteroatoms. The van der Waals surface area contributed by atoms with E-state index < -0.39 is 0 Å². The van der Waals surface area contributed by atoms with Crippen molar-refractivity contribution < 1.29 is 14.3 Å². The Hall–Kier alpha value is -4.70. The number of hydrogen-bond donors (Lipinski definition) is 3. The summed E-state index contributed by atoms with van der Waals surface area (Å²) in [4.78, 5) is 29.6. The summed E-state index contributed by atoms with van der Waals surface area (Å²) in [7, 11) is 0. The van der Waals surface area contributed by atoms with Crippen LogP contribution in [0.2, 0.25) is 10.0 Å². The van der Waals surface area contributed by atoms with Crippen LogP contribution in [0.4, 0.5) is 16.5 Å². The second-order valence-electron chi connectivity index (χ2n) is 8.81. The minimum Gasteiger partial charge on any atom is -0.483 e. The molecule has 3 N–H and O–H groups in total. The molecule has 5 aromatic rings. The normalized spacial score (nSPS) is 10.8. The van der Waals surface area contributed by atoms with Gasteiger partial charge < -0.3 is 15.4 Å². The van der Waals surface area contributed by atoms with E-state index in [4.69, 9.17) is 27.9 Å². The molecule has 8 nitrogen and oxygen atoms in total. The number of hydrogen-bond acceptors (Lipinski definition) is 7. The number of carbonyl (C=O) groups is 2. The number of nitrogens with zero attached hydrogens (tertiary/aromatic N) is 2. The van der Waals surface area contributed by atoms with Crippen molar-refractivity contribution >= 4 is 69.1 Å². The first-order valence-electron chi connectivity index (χ1n) is 12.6. The first kappa shape index (κ1) is 28.8. The summed E-state index contributed by atoms with van der Waals surface area (Å²) >= 11 is 13.4. The number of aromatic nitrogens is 1. The van der Waals surface area contributed by atoms with Gasteiger partial charge in [0, 0.05) is 33.4 Å². The van der Waals surface area contributed by atoms with Crippen molar-refractivity contribution in [3.63, 3.8) is 0 Å². The Morgan fingerprint density at radius 3 is 2.43 bits per heavy atom. The van der Waals surface area contributed by atoms with Gasteiger partial charge in [-0.2, -0.15) is 5.10 Å². The quantitative estimate of drug-likeness (QED) is 0.111. The molecule has 0 spiro atoms. The van der Waals surface area contributed by atoms with Gasteiger partial charge in [-0.05, 0) is 54.6 Å². The summed E-state index contributed by atoms with van der Waals surface area (Å²) in [5, 5.41) is 13.5. The number of para-hydroxylation sites is 2. The van der Waals surface area contributed by atoms with Gasteiger partial charge in [0.05, 0.1) is 22.0 Å². The highest BCUT2D eigenvalue weighted by Crippen LogP contribution is 2.28. The highest BCUT2D eigenvalue weighted by Gasteiger charge is 2.10. The van der Waals surface area contributed by atoms with Gasteiger partial charge in [-0.3, -0.25) is 9.59 Å². The monoisotopic (exact) mass is 615 g/mol. The molecule has 0 unspecified atom stereocenters. The topological polar surface area (TPSA) is 105 Å². The first-order chi connectivity index (χ1) is 20.4. The van der Waals surface area contributed by atoms with Crippen LogP contribution < -0.4 is 20.8 Å². The fourth-order valence-corrected chi connectivity index (χ4v) is 4.80. The SMILES string of the molecule is O=C(COc1ccccc1/C=N/NC(=O)c1ccc(-c2csc(Nc3ccccc3)n2)cc1)Nc1ccc(Cl)c(Cl)c1. The predicted octanol–water partition coefficient (Wildman–Crippen LogP) is 7.64. The van der Waals surface area contributed by atoms with E-state index in [2.05, 4.69) is 26.1 Å². The number of halogens is 2. The lowest BCUT2D eigenvalue weighted by Gasteiger charge is -2.10. The van der Waals surface area contributed by atoms with E-state index in [1.165, 1.54) is 17.6 Å². The molecule has 0 bridgehead atoms. The van der Waals surface area contributed by atoms with Crippen LogP contribution in [0.25, 0.3) is 11.3 Å².